The Hall–Kier alpha value is -2.68. The van der Waals surface area contributed by atoms with Gasteiger partial charge in [-0.25, -0.2) is 8.42 Å². The molecule has 1 aliphatic rings. The summed E-state index contributed by atoms with van der Waals surface area (Å²) in [5, 5.41) is 7.74. The summed E-state index contributed by atoms with van der Waals surface area (Å²) in [5.41, 5.74) is 0. The number of nitrogens with zero attached hydrogens (tertiary/aromatic N) is 3. The highest BCUT2D eigenvalue weighted by Gasteiger charge is 2.29. The van der Waals surface area contributed by atoms with E-state index < -0.39 is 9.84 Å². The number of methoxy groups -OCH3 is 1. The molecule has 1 saturated heterocycles. The monoisotopic (exact) mass is 391 g/mol. The van der Waals surface area contributed by atoms with Crippen LogP contribution in [0, 0.1) is 0 Å². The zero-order valence-corrected chi connectivity index (χ0v) is 15.8. The summed E-state index contributed by atoms with van der Waals surface area (Å²) < 4.78 is 35.2. The maximum atomic E-state index is 12.4. The molecule has 1 aromatic carbocycles. The molecule has 144 valence electrons. The fraction of sp³-hybridized carbons (Fsp3) is 0.389. The van der Waals surface area contributed by atoms with Gasteiger partial charge in [0.15, 0.2) is 9.84 Å². The van der Waals surface area contributed by atoms with Crippen molar-refractivity contribution in [3.63, 3.8) is 0 Å². The van der Waals surface area contributed by atoms with Gasteiger partial charge in [0.1, 0.15) is 6.10 Å². The summed E-state index contributed by atoms with van der Waals surface area (Å²) in [6, 6.07) is 11.5. The molecule has 1 aliphatic heterocycles. The lowest BCUT2D eigenvalue weighted by Gasteiger charge is -2.17. The van der Waals surface area contributed by atoms with Crippen molar-refractivity contribution >= 4 is 15.7 Å². The molecule has 2 aromatic rings. The molecule has 3 rings (SSSR count). The van der Waals surface area contributed by atoms with E-state index in [1.807, 2.05) is 0 Å². The largest absolute Gasteiger partial charge is 0.480 e. The Morgan fingerprint density at radius 1 is 1.15 bits per heavy atom. The number of ether oxygens (including phenoxy) is 2. The number of aromatic nitrogens is 2. The van der Waals surface area contributed by atoms with Crippen LogP contribution >= 0.6 is 0 Å². The van der Waals surface area contributed by atoms with E-state index >= 15 is 0 Å². The molecule has 0 saturated carbocycles. The van der Waals surface area contributed by atoms with E-state index in [0.717, 1.165) is 0 Å². The molecule has 1 aromatic heterocycles. The Balaban J connectivity index is 1.50. The maximum Gasteiger partial charge on any atom is 0.233 e. The van der Waals surface area contributed by atoms with Gasteiger partial charge in [-0.3, -0.25) is 4.79 Å². The number of amides is 1. The van der Waals surface area contributed by atoms with Gasteiger partial charge in [0.25, 0.3) is 0 Å². The quantitative estimate of drug-likeness (QED) is 0.702. The third kappa shape index (κ3) is 4.94. The van der Waals surface area contributed by atoms with Gasteiger partial charge in [-0.05, 0) is 12.1 Å². The van der Waals surface area contributed by atoms with Crippen molar-refractivity contribution in [2.45, 2.75) is 23.8 Å². The minimum atomic E-state index is -3.46. The number of hydrogen-bond donors (Lipinski definition) is 0. The highest BCUT2D eigenvalue weighted by Crippen LogP contribution is 2.19. The average molecular weight is 391 g/mol. The molecule has 1 amide bonds. The van der Waals surface area contributed by atoms with Crippen molar-refractivity contribution in [2.75, 3.05) is 26.0 Å². The van der Waals surface area contributed by atoms with E-state index in [2.05, 4.69) is 10.2 Å². The highest BCUT2D eigenvalue weighted by atomic mass is 32.2. The first kappa shape index (κ1) is 19.1. The molecular weight excluding hydrogens is 370 g/mol. The van der Waals surface area contributed by atoms with E-state index in [1.54, 1.807) is 35.2 Å². The second-order valence-corrected chi connectivity index (χ2v) is 8.27. The lowest BCUT2D eigenvalue weighted by Crippen LogP contribution is -2.32. The van der Waals surface area contributed by atoms with Gasteiger partial charge in [0.2, 0.25) is 17.7 Å². The van der Waals surface area contributed by atoms with E-state index in [-0.39, 0.29) is 29.1 Å². The van der Waals surface area contributed by atoms with Gasteiger partial charge in [0.05, 0.1) is 24.3 Å². The second kappa shape index (κ2) is 8.34. The predicted octanol–water partition coefficient (Wildman–Crippen LogP) is 1.33. The molecule has 0 N–H and O–H groups in total. The Morgan fingerprint density at radius 3 is 2.52 bits per heavy atom. The van der Waals surface area contributed by atoms with Gasteiger partial charge >= 0.3 is 0 Å². The van der Waals surface area contributed by atoms with Crippen molar-refractivity contribution in [3.8, 4) is 11.8 Å². The zero-order chi connectivity index (χ0) is 19.3. The molecule has 27 heavy (non-hydrogen) atoms. The number of benzene rings is 1. The third-order valence-electron chi connectivity index (χ3n) is 4.30. The normalized spacial score (nSPS) is 16.9. The molecule has 2 heterocycles. The van der Waals surface area contributed by atoms with Crippen LogP contribution in [0.5, 0.6) is 11.8 Å². The molecule has 1 fully saturated rings. The van der Waals surface area contributed by atoms with Gasteiger partial charge in [-0.15, -0.1) is 10.2 Å². The van der Waals surface area contributed by atoms with Gasteiger partial charge in [0, 0.05) is 31.5 Å². The average Bonchev–Trinajstić information content (AvgIpc) is 3.16. The lowest BCUT2D eigenvalue weighted by atomic mass is 10.3. The molecule has 0 aliphatic carbocycles. The third-order valence-corrected chi connectivity index (χ3v) is 6.03. The van der Waals surface area contributed by atoms with E-state index in [4.69, 9.17) is 9.47 Å². The molecule has 8 nitrogen and oxygen atoms in total. The first-order valence-electron chi connectivity index (χ1n) is 8.58. The summed E-state index contributed by atoms with van der Waals surface area (Å²) in [4.78, 5) is 14.2. The van der Waals surface area contributed by atoms with Crippen molar-refractivity contribution in [1.82, 2.24) is 15.1 Å². The fourth-order valence-electron chi connectivity index (χ4n) is 2.83. The summed E-state index contributed by atoms with van der Waals surface area (Å²) in [6.07, 6.45) is 0.416. The van der Waals surface area contributed by atoms with Crippen LogP contribution in [-0.2, 0) is 14.6 Å². The minimum absolute atomic E-state index is 0.0493. The summed E-state index contributed by atoms with van der Waals surface area (Å²) in [7, 11) is -1.96. The lowest BCUT2D eigenvalue weighted by molar-refractivity contribution is -0.130. The SMILES string of the molecule is COc1ccc(O[C@H]2CCN(C(=O)CCS(=O)(=O)c3ccccc3)C2)nn1. The number of sulfone groups is 1. The molecule has 0 spiro atoms. The summed E-state index contributed by atoms with van der Waals surface area (Å²) >= 11 is 0. The fourth-order valence-corrected chi connectivity index (χ4v) is 4.08. The van der Waals surface area contributed by atoms with Crippen molar-refractivity contribution < 1.29 is 22.7 Å². The highest BCUT2D eigenvalue weighted by molar-refractivity contribution is 7.91. The van der Waals surface area contributed by atoms with Crippen LogP contribution in [0.2, 0.25) is 0 Å². The second-order valence-electron chi connectivity index (χ2n) is 6.16. The predicted molar refractivity (Wildman–Crippen MR) is 97.3 cm³/mol. The Kier molecular flexibility index (Phi) is 5.90. The van der Waals surface area contributed by atoms with E-state index in [0.29, 0.717) is 31.3 Å². The minimum Gasteiger partial charge on any atom is -0.480 e. The van der Waals surface area contributed by atoms with Crippen LogP contribution < -0.4 is 9.47 Å². The standard InChI is InChI=1S/C18H21N3O5S/c1-25-16-7-8-17(20-19-16)26-14-9-11-21(13-14)18(22)10-12-27(23,24)15-5-3-2-4-6-15/h2-8,14H,9-13H2,1H3/t14-/m0/s1. The molecule has 0 radical (unpaired) electrons. The van der Waals surface area contributed by atoms with E-state index in [1.165, 1.54) is 19.2 Å². The molecule has 0 unspecified atom stereocenters. The molecule has 1 atom stereocenters. The maximum absolute atomic E-state index is 12.4. The van der Waals surface area contributed by atoms with Crippen LogP contribution in [0.4, 0.5) is 0 Å². The Labute approximate surface area is 158 Å². The zero-order valence-electron chi connectivity index (χ0n) is 14.9. The number of hydrogen-bond acceptors (Lipinski definition) is 7. The Morgan fingerprint density at radius 2 is 1.85 bits per heavy atom. The Bertz CT molecular complexity index is 872. The van der Waals surface area contributed by atoms with Crippen molar-refractivity contribution in [1.29, 1.82) is 0 Å². The summed E-state index contributed by atoms with van der Waals surface area (Å²) in [5.74, 6) is 0.357. The molecule has 9 heteroatoms. The van der Waals surface area contributed by atoms with Gasteiger partial charge < -0.3 is 14.4 Å². The van der Waals surface area contributed by atoms with Crippen LogP contribution in [-0.4, -0.2) is 61.5 Å². The van der Waals surface area contributed by atoms with Crippen LogP contribution in [0.3, 0.4) is 0 Å². The van der Waals surface area contributed by atoms with Crippen LogP contribution in [0.1, 0.15) is 12.8 Å². The van der Waals surface area contributed by atoms with E-state index in [9.17, 15) is 13.2 Å². The van der Waals surface area contributed by atoms with Crippen LogP contribution in [0.15, 0.2) is 47.4 Å². The van der Waals surface area contributed by atoms with Crippen molar-refractivity contribution in [2.24, 2.45) is 0 Å². The molecule has 0 bridgehead atoms. The van der Waals surface area contributed by atoms with Crippen LogP contribution in [0.25, 0.3) is 0 Å². The first-order chi connectivity index (χ1) is 13.0. The number of rotatable bonds is 7. The number of likely N-dealkylation sites (tertiary alicyclic amines) is 1. The smallest absolute Gasteiger partial charge is 0.233 e. The van der Waals surface area contributed by atoms with Gasteiger partial charge in [-0.2, -0.15) is 0 Å². The van der Waals surface area contributed by atoms with Gasteiger partial charge in [-0.1, -0.05) is 18.2 Å². The summed E-state index contributed by atoms with van der Waals surface area (Å²) in [6.45, 7) is 0.927. The topological polar surface area (TPSA) is 98.7 Å². The first-order valence-corrected chi connectivity index (χ1v) is 10.2. The number of carbonyl (C=O) groups excluding carboxylic acids is 1. The van der Waals surface area contributed by atoms with Crippen molar-refractivity contribution in [3.05, 3.63) is 42.5 Å². The number of carbonyl (C=O) groups is 1. The molecular formula is C18H21N3O5S.